The minimum atomic E-state index is -1.84. The SMILES string of the molecule is [2H]c1cc(C([2H])([2H])C(C)(C)C)cc(-n2c3cc(Oc4cc(-c5c(C(C)(C)C)cccc5C(C)(C)C)cc(N5CN(c6c(-c7cc(C(C)(C)C)cc(C(C)(C)C)c7)cc(C(C)(C)C)cc6-c6c([2H])c([2H])c([2H])c([2H])c6[2H])c6ccccc65)c4)ccc3c3c4sc5c([N+]#[C-])cccc5c4ccc32)n1. The zero-order chi connectivity index (χ0) is 73.1. The van der Waals surface area contributed by atoms with Gasteiger partial charge in [-0.15, -0.1) is 11.3 Å². The van der Waals surface area contributed by atoms with Gasteiger partial charge in [-0.3, -0.25) is 4.57 Å². The number of aromatic nitrogens is 2. The average Bonchev–Trinajstić information content (AvgIpc) is 1.58. The average molecular weight is 1250 g/mol. The number of pyridine rings is 1. The molecule has 0 spiro atoms. The summed E-state index contributed by atoms with van der Waals surface area (Å²) in [7, 11) is 0. The van der Waals surface area contributed by atoms with Gasteiger partial charge >= 0.3 is 0 Å². The van der Waals surface area contributed by atoms with Gasteiger partial charge in [0.2, 0.25) is 5.69 Å². The molecule has 0 atom stereocenters. The van der Waals surface area contributed by atoms with E-state index in [4.69, 9.17) is 19.0 Å². The Morgan fingerprint density at radius 1 is 0.527 bits per heavy atom. The van der Waals surface area contributed by atoms with E-state index < -0.39 is 35.3 Å². The molecule has 0 unspecified atom stereocenters. The first-order valence-corrected chi connectivity index (χ1v) is 33.2. The van der Waals surface area contributed by atoms with Crippen molar-refractivity contribution in [3.8, 4) is 50.7 Å². The molecule has 0 fully saturated rings. The molecular weight excluding hydrogens is 1150 g/mol. The zero-order valence-electron chi connectivity index (χ0n) is 65.2. The van der Waals surface area contributed by atoms with Gasteiger partial charge in [0.05, 0.1) is 42.9 Å². The minimum Gasteiger partial charge on any atom is -0.457 e. The van der Waals surface area contributed by atoms with Crippen molar-refractivity contribution >= 4 is 81.8 Å². The number of hydrogen-bond acceptors (Lipinski definition) is 5. The van der Waals surface area contributed by atoms with Crippen LogP contribution < -0.4 is 14.5 Å². The molecule has 0 radical (unpaired) electrons. The van der Waals surface area contributed by atoms with Crippen LogP contribution >= 0.6 is 11.3 Å². The van der Waals surface area contributed by atoms with Gasteiger partial charge in [0, 0.05) is 58.0 Å². The van der Waals surface area contributed by atoms with Crippen LogP contribution in [0.2, 0.25) is 0 Å². The van der Waals surface area contributed by atoms with Crippen molar-refractivity contribution in [1.82, 2.24) is 9.55 Å². The van der Waals surface area contributed by atoms with E-state index in [1.54, 1.807) is 17.4 Å². The summed E-state index contributed by atoms with van der Waals surface area (Å²) < 4.78 is 86.1. The lowest BCUT2D eigenvalue weighted by atomic mass is 9.74. The van der Waals surface area contributed by atoms with Crippen molar-refractivity contribution in [2.45, 2.75) is 158 Å². The number of benzene rings is 9. The fourth-order valence-corrected chi connectivity index (χ4v) is 14.7. The normalized spacial score (nSPS) is 14.8. The number of fused-ring (bicyclic) bond motifs is 8. The molecule has 1 aliphatic rings. The Morgan fingerprint density at radius 3 is 1.75 bits per heavy atom. The predicted molar refractivity (Wildman–Crippen MR) is 399 cm³/mol. The largest absolute Gasteiger partial charge is 0.457 e. The summed E-state index contributed by atoms with van der Waals surface area (Å²) in [5, 5.41) is 3.83. The Morgan fingerprint density at radius 2 is 1.13 bits per heavy atom. The minimum absolute atomic E-state index is 0.0675. The Balaban J connectivity index is 1.08. The standard InChI is InChI=1S/C86H89N5OS/c1-81(2,3)51-53-39-40-88-75(41-53)91-73-38-37-64-63-29-25-32-70(87-19)79(63)93-80(64)77(73)65-36-35-61(50-74(65)91)92-62-45-56(76-68(85(13,14)15)30-26-31-69(76)86(16,17)18)44-60(49-62)89-52-90(72-34-24-23-33-71(72)89)78-66(54-27-21-20-22-28-54)47-59(84(10,11)12)48-67(78)55-42-57(82(4,5)6)46-58(43-55)83(7,8)9/h20-50H,51-52H2,1-18H3/i20D,21D,22D,27D,28D,40D,51D2. The molecule has 0 saturated heterocycles. The highest BCUT2D eigenvalue weighted by Gasteiger charge is 2.35. The molecule has 470 valence electrons. The predicted octanol–water partition coefficient (Wildman–Crippen LogP) is 25.2. The molecule has 0 N–H and O–H groups in total. The zero-order valence-corrected chi connectivity index (χ0v) is 58.0. The molecule has 0 amide bonds. The molecular formula is C86H89N5OS. The van der Waals surface area contributed by atoms with Crippen molar-refractivity contribution in [3.05, 3.63) is 233 Å². The van der Waals surface area contributed by atoms with Crippen molar-refractivity contribution in [3.63, 3.8) is 0 Å². The van der Waals surface area contributed by atoms with E-state index in [0.29, 0.717) is 39.8 Å². The molecule has 1 aliphatic heterocycles. The van der Waals surface area contributed by atoms with Crippen molar-refractivity contribution < 1.29 is 15.7 Å². The Labute approximate surface area is 567 Å². The summed E-state index contributed by atoms with van der Waals surface area (Å²) in [6, 6.07) is 50.1. The lowest BCUT2D eigenvalue weighted by Gasteiger charge is -2.32. The van der Waals surface area contributed by atoms with E-state index >= 15 is 0 Å². The molecule has 4 heterocycles. The van der Waals surface area contributed by atoms with E-state index in [1.165, 1.54) is 6.07 Å². The van der Waals surface area contributed by atoms with Crippen LogP contribution in [0.15, 0.2) is 188 Å². The third kappa shape index (κ3) is 11.8. The van der Waals surface area contributed by atoms with Gasteiger partial charge in [0.25, 0.3) is 0 Å². The summed E-state index contributed by atoms with van der Waals surface area (Å²) in [5.74, 6) is 1.45. The van der Waals surface area contributed by atoms with Gasteiger partial charge in [-0.1, -0.05) is 228 Å². The summed E-state index contributed by atoms with van der Waals surface area (Å²) in [6.07, 6.45) is -1.90. The second-order valence-electron chi connectivity index (χ2n) is 31.4. The van der Waals surface area contributed by atoms with E-state index in [0.717, 1.165) is 109 Å². The highest BCUT2D eigenvalue weighted by atomic mass is 32.1. The van der Waals surface area contributed by atoms with Crippen LogP contribution in [0.4, 0.5) is 28.4 Å². The van der Waals surface area contributed by atoms with E-state index in [-0.39, 0.29) is 52.1 Å². The summed E-state index contributed by atoms with van der Waals surface area (Å²) in [5.41, 5.74) is 13.4. The molecule has 12 aromatic rings. The number of anilines is 4. The van der Waals surface area contributed by atoms with Crippen LogP contribution in [-0.4, -0.2) is 16.2 Å². The second kappa shape index (κ2) is 22.7. The lowest BCUT2D eigenvalue weighted by molar-refractivity contribution is 0.411. The van der Waals surface area contributed by atoms with Gasteiger partial charge in [0.15, 0.2) is 0 Å². The van der Waals surface area contributed by atoms with Gasteiger partial charge in [0.1, 0.15) is 24.0 Å². The summed E-state index contributed by atoms with van der Waals surface area (Å²) in [4.78, 5) is 13.4. The van der Waals surface area contributed by atoms with Crippen LogP contribution in [0.1, 0.15) is 169 Å². The topological polar surface area (TPSA) is 37.9 Å². The summed E-state index contributed by atoms with van der Waals surface area (Å²) >= 11 is 1.58. The van der Waals surface area contributed by atoms with Gasteiger partial charge in [-0.05, 0) is 172 Å². The van der Waals surface area contributed by atoms with Crippen molar-refractivity contribution in [2.24, 2.45) is 5.41 Å². The van der Waals surface area contributed by atoms with Crippen LogP contribution in [0, 0.1) is 12.0 Å². The first-order valence-electron chi connectivity index (χ1n) is 36.4. The highest BCUT2D eigenvalue weighted by molar-refractivity contribution is 7.27. The second-order valence-corrected chi connectivity index (χ2v) is 32.5. The van der Waals surface area contributed by atoms with E-state index in [1.807, 2.05) is 61.7 Å². The van der Waals surface area contributed by atoms with Gasteiger partial charge < -0.3 is 14.5 Å². The van der Waals surface area contributed by atoms with Crippen LogP contribution in [0.25, 0.3) is 86.0 Å². The maximum atomic E-state index is 9.74. The highest BCUT2D eigenvalue weighted by Crippen LogP contribution is 2.54. The maximum absolute atomic E-state index is 9.74. The molecule has 0 saturated carbocycles. The van der Waals surface area contributed by atoms with Crippen molar-refractivity contribution in [1.29, 1.82) is 0 Å². The van der Waals surface area contributed by atoms with Gasteiger partial charge in [-0.2, -0.15) is 0 Å². The molecule has 93 heavy (non-hydrogen) atoms. The molecule has 6 nitrogen and oxygen atoms in total. The lowest BCUT2D eigenvalue weighted by Crippen LogP contribution is -2.25. The van der Waals surface area contributed by atoms with Crippen LogP contribution in [0.5, 0.6) is 11.5 Å². The molecule has 3 aromatic heterocycles. The van der Waals surface area contributed by atoms with Crippen molar-refractivity contribution in [2.75, 3.05) is 16.5 Å². The van der Waals surface area contributed by atoms with E-state index in [9.17, 15) is 8.22 Å². The molecule has 13 rings (SSSR count). The quantitative estimate of drug-likeness (QED) is 0.135. The molecule has 9 aromatic carbocycles. The Bertz CT molecular complexity index is 5370. The third-order valence-electron chi connectivity index (χ3n) is 18.0. The molecule has 0 bridgehead atoms. The molecule has 0 aliphatic carbocycles. The van der Waals surface area contributed by atoms with E-state index in [2.05, 4.69) is 222 Å². The van der Waals surface area contributed by atoms with Crippen LogP contribution in [-0.2, 0) is 33.4 Å². The maximum Gasteiger partial charge on any atom is 0.204 e. The first-order chi connectivity index (χ1) is 47.1. The van der Waals surface area contributed by atoms with Gasteiger partial charge in [-0.25, -0.2) is 9.83 Å². The third-order valence-corrected chi connectivity index (χ3v) is 19.3. The number of ether oxygens (including phenoxy) is 1. The van der Waals surface area contributed by atoms with Crippen LogP contribution in [0.3, 0.4) is 0 Å². The monoisotopic (exact) mass is 1250 g/mol. The fourth-order valence-electron chi connectivity index (χ4n) is 13.3. The number of rotatable bonds is 9. The number of nitrogens with zero attached hydrogens (tertiary/aromatic N) is 5. The Kier molecular flexibility index (Phi) is 13.0. The summed E-state index contributed by atoms with van der Waals surface area (Å²) in [6.45, 7) is 47.3. The first kappa shape index (κ1) is 53.5. The molecule has 7 heteroatoms. The number of para-hydroxylation sites is 2. The Hall–Kier alpha value is -8.96. The number of thiophene rings is 1. The number of hydrogen-bond donors (Lipinski definition) is 0. The fraction of sp³-hybridized carbons (Fsp3) is 0.302. The smallest absolute Gasteiger partial charge is 0.204 e.